The molecule has 0 unspecified atom stereocenters. The van der Waals surface area contributed by atoms with Crippen molar-refractivity contribution in [2.24, 2.45) is 0 Å². The largest absolute Gasteiger partial charge is 0.493 e. The zero-order valence-corrected chi connectivity index (χ0v) is 9.33. The van der Waals surface area contributed by atoms with Gasteiger partial charge in [0.1, 0.15) is 5.69 Å². The Hall–Kier alpha value is -2.36. The minimum atomic E-state index is 0.168. The summed E-state index contributed by atoms with van der Waals surface area (Å²) in [5.41, 5.74) is 3.09. The number of aromatic nitrogens is 3. The molecule has 1 N–H and O–H groups in total. The van der Waals surface area contributed by atoms with E-state index in [4.69, 9.17) is 0 Å². The summed E-state index contributed by atoms with van der Waals surface area (Å²) in [6, 6.07) is 9.82. The monoisotopic (exact) mass is 225 g/mol. The van der Waals surface area contributed by atoms with Crippen LogP contribution in [0.5, 0.6) is 5.88 Å². The zero-order valence-electron chi connectivity index (χ0n) is 9.33. The molecule has 2 aromatic heterocycles. The number of fused-ring (bicyclic) bond motifs is 1. The molecule has 3 aromatic rings. The fourth-order valence-electron chi connectivity index (χ4n) is 1.91. The molecule has 0 saturated heterocycles. The first-order valence-corrected chi connectivity index (χ1v) is 5.35. The van der Waals surface area contributed by atoms with E-state index in [0.717, 1.165) is 11.3 Å². The standard InChI is InChI=1S/C13H11N3O/c1-9-13(17)16-11(7-14-8-12(16)15-9)10-5-3-2-4-6-10/h2-8,17H,1H3. The van der Waals surface area contributed by atoms with Crippen molar-refractivity contribution in [3.63, 3.8) is 0 Å². The Bertz CT molecular complexity index is 674. The highest BCUT2D eigenvalue weighted by Gasteiger charge is 2.11. The summed E-state index contributed by atoms with van der Waals surface area (Å²) in [6.45, 7) is 1.77. The number of rotatable bonds is 1. The normalized spacial score (nSPS) is 10.9. The summed E-state index contributed by atoms with van der Waals surface area (Å²) >= 11 is 0. The number of imidazole rings is 1. The molecule has 84 valence electrons. The van der Waals surface area contributed by atoms with Gasteiger partial charge in [0.2, 0.25) is 5.88 Å². The second-order valence-electron chi connectivity index (χ2n) is 3.87. The van der Waals surface area contributed by atoms with Gasteiger partial charge in [-0.25, -0.2) is 4.98 Å². The molecule has 4 heteroatoms. The molecule has 0 fully saturated rings. The van der Waals surface area contributed by atoms with Gasteiger partial charge in [0.15, 0.2) is 5.65 Å². The predicted octanol–water partition coefficient (Wildman–Crippen LogP) is 2.41. The Morgan fingerprint density at radius 2 is 1.88 bits per heavy atom. The van der Waals surface area contributed by atoms with Crippen molar-refractivity contribution in [1.29, 1.82) is 0 Å². The highest BCUT2D eigenvalue weighted by molar-refractivity contribution is 5.63. The van der Waals surface area contributed by atoms with E-state index < -0.39 is 0 Å². The van der Waals surface area contributed by atoms with Crippen molar-refractivity contribution in [3.8, 4) is 17.1 Å². The summed E-state index contributed by atoms with van der Waals surface area (Å²) in [5.74, 6) is 0.168. The number of benzene rings is 1. The van der Waals surface area contributed by atoms with E-state index in [1.165, 1.54) is 0 Å². The molecule has 0 amide bonds. The van der Waals surface area contributed by atoms with Gasteiger partial charge in [0.05, 0.1) is 18.1 Å². The maximum atomic E-state index is 10.0. The lowest BCUT2D eigenvalue weighted by molar-refractivity contribution is 0.445. The lowest BCUT2D eigenvalue weighted by Crippen LogP contribution is -1.92. The van der Waals surface area contributed by atoms with Crippen LogP contribution < -0.4 is 0 Å². The van der Waals surface area contributed by atoms with Gasteiger partial charge in [-0.3, -0.25) is 9.38 Å². The number of aryl methyl sites for hydroxylation is 1. The molecule has 0 radical (unpaired) electrons. The van der Waals surface area contributed by atoms with Crippen molar-refractivity contribution >= 4 is 5.65 Å². The van der Waals surface area contributed by atoms with Gasteiger partial charge in [-0.2, -0.15) is 0 Å². The molecule has 2 heterocycles. The number of nitrogens with zero attached hydrogens (tertiary/aromatic N) is 3. The fraction of sp³-hybridized carbons (Fsp3) is 0.0769. The van der Waals surface area contributed by atoms with Crippen molar-refractivity contribution in [3.05, 3.63) is 48.4 Å². The molecular weight excluding hydrogens is 214 g/mol. The van der Waals surface area contributed by atoms with E-state index in [0.29, 0.717) is 11.3 Å². The SMILES string of the molecule is Cc1nc2cncc(-c3ccccc3)n2c1O. The second-order valence-corrected chi connectivity index (χ2v) is 3.87. The third kappa shape index (κ3) is 1.45. The first-order valence-electron chi connectivity index (χ1n) is 5.35. The maximum absolute atomic E-state index is 10.0. The Morgan fingerprint density at radius 3 is 2.65 bits per heavy atom. The summed E-state index contributed by atoms with van der Waals surface area (Å²) < 4.78 is 1.71. The van der Waals surface area contributed by atoms with Crippen molar-refractivity contribution in [2.75, 3.05) is 0 Å². The summed E-state index contributed by atoms with van der Waals surface area (Å²) in [5, 5.41) is 10.0. The molecule has 0 saturated carbocycles. The smallest absolute Gasteiger partial charge is 0.219 e. The van der Waals surface area contributed by atoms with Gasteiger partial charge in [0, 0.05) is 5.56 Å². The van der Waals surface area contributed by atoms with Crippen LogP contribution in [0.1, 0.15) is 5.69 Å². The molecule has 0 aliphatic rings. The van der Waals surface area contributed by atoms with E-state index in [9.17, 15) is 5.11 Å². The molecule has 17 heavy (non-hydrogen) atoms. The molecule has 3 rings (SSSR count). The molecular formula is C13H11N3O. The van der Waals surface area contributed by atoms with Crippen LogP contribution in [0.2, 0.25) is 0 Å². The van der Waals surface area contributed by atoms with Gasteiger partial charge in [-0.05, 0) is 6.92 Å². The molecule has 0 bridgehead atoms. The van der Waals surface area contributed by atoms with E-state index in [2.05, 4.69) is 9.97 Å². The van der Waals surface area contributed by atoms with Crippen molar-refractivity contribution in [1.82, 2.24) is 14.4 Å². The van der Waals surface area contributed by atoms with E-state index >= 15 is 0 Å². The lowest BCUT2D eigenvalue weighted by Gasteiger charge is -2.05. The van der Waals surface area contributed by atoms with E-state index in [1.54, 1.807) is 23.7 Å². The van der Waals surface area contributed by atoms with Crippen LogP contribution in [0.15, 0.2) is 42.7 Å². The first kappa shape index (κ1) is 9.84. The molecule has 0 atom stereocenters. The summed E-state index contributed by atoms with van der Waals surface area (Å²) in [6.07, 6.45) is 3.36. The Labute approximate surface area is 98.2 Å². The van der Waals surface area contributed by atoms with E-state index in [1.807, 2.05) is 30.3 Å². The maximum Gasteiger partial charge on any atom is 0.219 e. The van der Waals surface area contributed by atoms with Crippen LogP contribution in [0.25, 0.3) is 16.9 Å². The van der Waals surface area contributed by atoms with Crippen molar-refractivity contribution in [2.45, 2.75) is 6.92 Å². The average Bonchev–Trinajstić information content (AvgIpc) is 2.66. The third-order valence-electron chi connectivity index (χ3n) is 2.74. The molecule has 1 aromatic carbocycles. The highest BCUT2D eigenvalue weighted by atomic mass is 16.3. The number of hydrogen-bond acceptors (Lipinski definition) is 3. The van der Waals surface area contributed by atoms with Gasteiger partial charge >= 0.3 is 0 Å². The quantitative estimate of drug-likeness (QED) is 0.691. The third-order valence-corrected chi connectivity index (χ3v) is 2.74. The zero-order chi connectivity index (χ0) is 11.8. The Kier molecular flexibility index (Phi) is 2.08. The number of aromatic hydroxyl groups is 1. The Morgan fingerprint density at radius 1 is 1.12 bits per heavy atom. The molecule has 0 spiro atoms. The summed E-state index contributed by atoms with van der Waals surface area (Å²) in [4.78, 5) is 8.40. The predicted molar refractivity (Wildman–Crippen MR) is 64.8 cm³/mol. The first-order chi connectivity index (χ1) is 8.27. The van der Waals surface area contributed by atoms with Crippen molar-refractivity contribution < 1.29 is 5.11 Å². The van der Waals surface area contributed by atoms with Gasteiger partial charge in [-0.1, -0.05) is 30.3 Å². The molecule has 4 nitrogen and oxygen atoms in total. The second kappa shape index (κ2) is 3.59. The highest BCUT2D eigenvalue weighted by Crippen LogP contribution is 2.25. The topological polar surface area (TPSA) is 50.4 Å². The Balaban J connectivity index is 2.37. The minimum Gasteiger partial charge on any atom is -0.493 e. The molecule has 0 aliphatic carbocycles. The number of hydrogen-bond donors (Lipinski definition) is 1. The minimum absolute atomic E-state index is 0.168. The average molecular weight is 225 g/mol. The van der Waals surface area contributed by atoms with Crippen LogP contribution in [0.4, 0.5) is 0 Å². The van der Waals surface area contributed by atoms with Crippen LogP contribution in [0, 0.1) is 6.92 Å². The fourth-order valence-corrected chi connectivity index (χ4v) is 1.91. The van der Waals surface area contributed by atoms with Crippen LogP contribution in [-0.4, -0.2) is 19.5 Å². The van der Waals surface area contributed by atoms with Crippen LogP contribution in [0.3, 0.4) is 0 Å². The van der Waals surface area contributed by atoms with Gasteiger partial charge < -0.3 is 5.11 Å². The molecule has 0 aliphatic heterocycles. The van der Waals surface area contributed by atoms with Crippen LogP contribution in [-0.2, 0) is 0 Å². The summed E-state index contributed by atoms with van der Waals surface area (Å²) in [7, 11) is 0. The van der Waals surface area contributed by atoms with Gasteiger partial charge in [-0.15, -0.1) is 0 Å². The van der Waals surface area contributed by atoms with E-state index in [-0.39, 0.29) is 5.88 Å². The van der Waals surface area contributed by atoms with Gasteiger partial charge in [0.25, 0.3) is 0 Å². The lowest BCUT2D eigenvalue weighted by atomic mass is 10.1. The van der Waals surface area contributed by atoms with Crippen LogP contribution >= 0.6 is 0 Å².